The number of carbonyl (C=O) groups excluding carboxylic acids is 1. The Morgan fingerprint density at radius 1 is 1.00 bits per heavy atom. The van der Waals surface area contributed by atoms with Gasteiger partial charge in [0, 0.05) is 48.4 Å². The van der Waals surface area contributed by atoms with Crippen LogP contribution >= 0.6 is 11.3 Å². The van der Waals surface area contributed by atoms with Crippen molar-refractivity contribution in [2.45, 2.75) is 12.8 Å². The van der Waals surface area contributed by atoms with Gasteiger partial charge in [-0.05, 0) is 48.3 Å². The Morgan fingerprint density at radius 3 is 2.21 bits per heavy atom. The van der Waals surface area contributed by atoms with E-state index < -0.39 is 0 Å². The maximum Gasteiger partial charge on any atom is 0.265 e. The molecule has 4 rings (SSSR count). The first-order chi connectivity index (χ1) is 16.4. The van der Waals surface area contributed by atoms with Crippen LogP contribution in [0.25, 0.3) is 11.1 Å². The number of ether oxygens (including phenoxy) is 1. The minimum Gasteiger partial charge on any atom is -0.496 e. The molecule has 7 N–H and O–H groups in total. The van der Waals surface area contributed by atoms with Gasteiger partial charge in [0.25, 0.3) is 5.91 Å². The summed E-state index contributed by atoms with van der Waals surface area (Å²) >= 11 is 1.46. The molecule has 0 saturated carbocycles. The molecule has 0 spiro atoms. The van der Waals surface area contributed by atoms with Crippen molar-refractivity contribution in [2.24, 2.45) is 11.5 Å². The van der Waals surface area contributed by atoms with Gasteiger partial charge in [-0.2, -0.15) is 0 Å². The van der Waals surface area contributed by atoms with Crippen LogP contribution in [0.4, 0.5) is 5.69 Å². The third-order valence-electron chi connectivity index (χ3n) is 6.05. The Kier molecular flexibility index (Phi) is 6.87. The topological polar surface area (TPSA) is 145 Å². The highest BCUT2D eigenvalue weighted by molar-refractivity contribution is 7.15. The molecule has 0 saturated heterocycles. The number of carbonyl (C=O) groups is 1. The smallest absolute Gasteiger partial charge is 0.265 e. The number of hydrogen-bond acceptors (Lipinski definition) is 5. The summed E-state index contributed by atoms with van der Waals surface area (Å²) in [6.45, 7) is 2.60. The first kappa shape index (κ1) is 23.4. The van der Waals surface area contributed by atoms with E-state index in [1.54, 1.807) is 7.11 Å². The van der Waals surface area contributed by atoms with Gasteiger partial charge in [-0.3, -0.25) is 15.6 Å². The summed E-state index contributed by atoms with van der Waals surface area (Å²) < 4.78 is 5.60. The number of thiophene rings is 1. The minimum atomic E-state index is -0.165. The normalized spacial score (nSPS) is 15.9. The van der Waals surface area contributed by atoms with E-state index >= 15 is 0 Å². The van der Waals surface area contributed by atoms with Gasteiger partial charge >= 0.3 is 0 Å². The SMILES string of the molecule is COc1cc(NC(=O)c2ccc(C3=CCN(C(=N)N)CC3)s2)ccc1C1=CCN(C(=N)N)CC1. The fourth-order valence-corrected chi connectivity index (χ4v) is 5.07. The van der Waals surface area contributed by atoms with Crippen LogP contribution in [0, 0.1) is 10.8 Å². The Labute approximate surface area is 202 Å². The molecule has 34 heavy (non-hydrogen) atoms. The molecule has 0 unspecified atom stereocenters. The second-order valence-corrected chi connectivity index (χ2v) is 9.24. The molecule has 0 aliphatic carbocycles. The quantitative estimate of drug-likeness (QED) is 0.329. The van der Waals surface area contributed by atoms with Gasteiger partial charge in [-0.1, -0.05) is 12.2 Å². The molecule has 0 atom stereocenters. The predicted molar refractivity (Wildman–Crippen MR) is 137 cm³/mol. The monoisotopic (exact) mass is 479 g/mol. The average Bonchev–Trinajstić information content (AvgIpc) is 3.35. The maximum atomic E-state index is 12.9. The highest BCUT2D eigenvalue weighted by Gasteiger charge is 2.19. The number of benzene rings is 1. The Hall–Kier alpha value is -3.79. The number of rotatable bonds is 5. The summed E-state index contributed by atoms with van der Waals surface area (Å²) in [4.78, 5) is 18.2. The summed E-state index contributed by atoms with van der Waals surface area (Å²) in [5, 5.41) is 18.1. The van der Waals surface area contributed by atoms with E-state index in [1.807, 2.05) is 40.1 Å². The van der Waals surface area contributed by atoms with Crippen molar-refractivity contribution in [1.82, 2.24) is 9.80 Å². The van der Waals surface area contributed by atoms with Crippen LogP contribution in [0.1, 0.15) is 33.0 Å². The number of nitrogens with one attached hydrogen (secondary N) is 3. The largest absolute Gasteiger partial charge is 0.496 e. The zero-order chi connectivity index (χ0) is 24.2. The van der Waals surface area contributed by atoms with Crippen LogP contribution in [0.3, 0.4) is 0 Å². The molecule has 1 amide bonds. The summed E-state index contributed by atoms with van der Waals surface area (Å²) in [6, 6.07) is 9.48. The lowest BCUT2D eigenvalue weighted by Crippen LogP contribution is -2.39. The first-order valence-corrected chi connectivity index (χ1v) is 11.8. The molecule has 0 fully saturated rings. The van der Waals surface area contributed by atoms with Gasteiger partial charge in [-0.25, -0.2) is 0 Å². The zero-order valence-corrected chi connectivity index (χ0v) is 19.9. The highest BCUT2D eigenvalue weighted by atomic mass is 32.1. The summed E-state index contributed by atoms with van der Waals surface area (Å²) in [5.74, 6) is 0.687. The van der Waals surface area contributed by atoms with E-state index in [0.717, 1.165) is 28.9 Å². The van der Waals surface area contributed by atoms with E-state index in [-0.39, 0.29) is 17.8 Å². The Bertz CT molecular complexity index is 1180. The molecule has 0 bridgehead atoms. The summed E-state index contributed by atoms with van der Waals surface area (Å²) in [5.41, 5.74) is 15.1. The van der Waals surface area contributed by atoms with Crippen LogP contribution in [-0.2, 0) is 0 Å². The van der Waals surface area contributed by atoms with Crippen molar-refractivity contribution in [3.05, 3.63) is 57.8 Å². The van der Waals surface area contributed by atoms with Crippen LogP contribution < -0.4 is 21.5 Å². The summed E-state index contributed by atoms with van der Waals surface area (Å²) in [6.07, 6.45) is 5.68. The second-order valence-electron chi connectivity index (χ2n) is 8.15. The lowest BCUT2D eigenvalue weighted by molar-refractivity contribution is 0.103. The third-order valence-corrected chi connectivity index (χ3v) is 7.21. The van der Waals surface area contributed by atoms with E-state index in [9.17, 15) is 4.79 Å². The van der Waals surface area contributed by atoms with Gasteiger partial charge in [0.1, 0.15) is 5.75 Å². The molecule has 178 valence electrons. The van der Waals surface area contributed by atoms with Crippen LogP contribution in [-0.4, -0.2) is 60.9 Å². The molecule has 2 aliphatic heterocycles. The number of amides is 1. The number of hydrogen-bond donors (Lipinski definition) is 5. The molecular formula is C24H29N7O2S. The minimum absolute atomic E-state index is 0.0786. The van der Waals surface area contributed by atoms with Gasteiger partial charge in [0.15, 0.2) is 11.9 Å². The molecule has 1 aromatic carbocycles. The van der Waals surface area contributed by atoms with Crippen molar-refractivity contribution in [3.8, 4) is 5.75 Å². The maximum absolute atomic E-state index is 12.9. The number of nitrogens with zero attached hydrogens (tertiary/aromatic N) is 2. The van der Waals surface area contributed by atoms with Gasteiger partial charge in [0.05, 0.1) is 12.0 Å². The number of anilines is 1. The van der Waals surface area contributed by atoms with Crippen molar-refractivity contribution in [1.29, 1.82) is 10.8 Å². The Morgan fingerprint density at radius 2 is 1.65 bits per heavy atom. The molecule has 3 heterocycles. The molecule has 9 nitrogen and oxygen atoms in total. The van der Waals surface area contributed by atoms with Crippen molar-refractivity contribution in [3.63, 3.8) is 0 Å². The summed E-state index contributed by atoms with van der Waals surface area (Å²) in [7, 11) is 1.62. The van der Waals surface area contributed by atoms with E-state index in [2.05, 4.69) is 17.5 Å². The fourth-order valence-electron chi connectivity index (χ4n) is 4.10. The molecule has 0 radical (unpaired) electrons. The lowest BCUT2D eigenvalue weighted by atomic mass is 9.98. The van der Waals surface area contributed by atoms with E-state index in [0.29, 0.717) is 42.5 Å². The van der Waals surface area contributed by atoms with Crippen LogP contribution in [0.5, 0.6) is 5.75 Å². The average molecular weight is 480 g/mol. The molecule has 2 aliphatic rings. The molecule has 1 aromatic heterocycles. The number of guanidine groups is 2. The molecule has 2 aromatic rings. The lowest BCUT2D eigenvalue weighted by Gasteiger charge is -2.27. The zero-order valence-electron chi connectivity index (χ0n) is 19.1. The predicted octanol–water partition coefficient (Wildman–Crippen LogP) is 2.97. The second kappa shape index (κ2) is 10.0. The number of methoxy groups -OCH3 is 1. The standard InChI is InChI=1S/C24H29N7O2S/c1-33-19-14-17(2-3-18(19)15-6-10-30(11-7-15)23(25)26)29-22(32)21-5-4-20(34-21)16-8-12-31(13-9-16)24(27)28/h2-6,8,14H,7,9-13H2,1H3,(H3,25,26)(H3,27,28)(H,29,32). The third kappa shape index (κ3) is 5.07. The Balaban J connectivity index is 1.44. The van der Waals surface area contributed by atoms with Gasteiger partial charge in [0.2, 0.25) is 0 Å². The molecule has 10 heteroatoms. The first-order valence-electron chi connectivity index (χ1n) is 11.0. The molecular weight excluding hydrogens is 450 g/mol. The van der Waals surface area contributed by atoms with Gasteiger partial charge < -0.3 is 31.3 Å². The van der Waals surface area contributed by atoms with Crippen molar-refractivity contribution >= 4 is 46.0 Å². The van der Waals surface area contributed by atoms with Crippen molar-refractivity contribution < 1.29 is 9.53 Å². The highest BCUT2D eigenvalue weighted by Crippen LogP contribution is 2.33. The van der Waals surface area contributed by atoms with E-state index in [4.69, 9.17) is 27.0 Å². The van der Waals surface area contributed by atoms with Crippen LogP contribution in [0.15, 0.2) is 42.5 Å². The number of nitrogens with two attached hydrogens (primary N) is 2. The van der Waals surface area contributed by atoms with Crippen molar-refractivity contribution in [2.75, 3.05) is 38.6 Å². The van der Waals surface area contributed by atoms with Crippen LogP contribution in [0.2, 0.25) is 0 Å². The van der Waals surface area contributed by atoms with E-state index in [1.165, 1.54) is 16.9 Å². The van der Waals surface area contributed by atoms with Gasteiger partial charge in [-0.15, -0.1) is 11.3 Å². The fraction of sp³-hybridized carbons (Fsp3) is 0.292.